The van der Waals surface area contributed by atoms with Crippen molar-refractivity contribution in [2.24, 2.45) is 5.92 Å². The molecule has 0 atom stereocenters. The van der Waals surface area contributed by atoms with Gasteiger partial charge < -0.3 is 9.47 Å². The fraction of sp³-hybridized carbons (Fsp3) is 0.704. The zero-order chi connectivity index (χ0) is 22.7. The molecule has 0 aromatic heterocycles. The summed E-state index contributed by atoms with van der Waals surface area (Å²) in [5, 5.41) is 0. The summed E-state index contributed by atoms with van der Waals surface area (Å²) in [5.74, 6) is -0.0731. The minimum atomic E-state index is -0.468. The first-order valence-electron chi connectivity index (χ1n) is 12.5. The number of rotatable bonds is 18. The molecule has 0 heterocycles. The Morgan fingerprint density at radius 3 is 1.55 bits per heavy atom. The number of hydrogen-bond donors (Lipinski definition) is 0. The van der Waals surface area contributed by atoms with Gasteiger partial charge in [0, 0.05) is 0 Å². The smallest absolute Gasteiger partial charge is 0.339 e. The summed E-state index contributed by atoms with van der Waals surface area (Å²) in [6.07, 6.45) is 16.0. The molecule has 0 bridgehead atoms. The van der Waals surface area contributed by atoms with Gasteiger partial charge in [0.2, 0.25) is 0 Å². The summed E-state index contributed by atoms with van der Waals surface area (Å²) in [6, 6.07) is 6.69. The minimum Gasteiger partial charge on any atom is -0.462 e. The Kier molecular flexibility index (Phi) is 15.6. The van der Waals surface area contributed by atoms with Crippen molar-refractivity contribution in [1.29, 1.82) is 0 Å². The molecule has 1 aromatic carbocycles. The molecule has 4 heteroatoms. The summed E-state index contributed by atoms with van der Waals surface area (Å²) >= 11 is 0. The Morgan fingerprint density at radius 1 is 0.677 bits per heavy atom. The summed E-state index contributed by atoms with van der Waals surface area (Å²) in [4.78, 5) is 24.5. The van der Waals surface area contributed by atoms with Crippen molar-refractivity contribution in [3.8, 4) is 0 Å². The summed E-state index contributed by atoms with van der Waals surface area (Å²) in [6.45, 7) is 7.28. The molecule has 176 valence electrons. The van der Waals surface area contributed by atoms with E-state index < -0.39 is 11.9 Å². The lowest BCUT2D eigenvalue weighted by Crippen LogP contribution is -2.14. The maximum atomic E-state index is 12.3. The van der Waals surface area contributed by atoms with Crippen LogP contribution >= 0.6 is 0 Å². The number of ether oxygens (including phenoxy) is 2. The molecular weight excluding hydrogens is 388 g/mol. The van der Waals surface area contributed by atoms with Crippen LogP contribution in [0.4, 0.5) is 0 Å². The van der Waals surface area contributed by atoms with E-state index in [1.807, 2.05) is 6.92 Å². The second-order valence-corrected chi connectivity index (χ2v) is 8.89. The van der Waals surface area contributed by atoms with Gasteiger partial charge in [0.15, 0.2) is 0 Å². The zero-order valence-corrected chi connectivity index (χ0v) is 20.1. The molecule has 31 heavy (non-hydrogen) atoms. The normalized spacial score (nSPS) is 11.0. The zero-order valence-electron chi connectivity index (χ0n) is 20.1. The first-order chi connectivity index (χ1) is 15.1. The SMILES string of the molecule is CCCOC(=O)c1ccccc1C(=O)OCCCCCCCCCCCCCC(C)C. The molecule has 0 spiro atoms. The fourth-order valence-electron chi connectivity index (χ4n) is 3.60. The first kappa shape index (κ1) is 27.2. The Labute approximate surface area is 190 Å². The highest BCUT2D eigenvalue weighted by Gasteiger charge is 2.18. The molecule has 1 rings (SSSR count). The predicted molar refractivity (Wildman–Crippen MR) is 128 cm³/mol. The van der Waals surface area contributed by atoms with Crippen LogP contribution in [0.25, 0.3) is 0 Å². The van der Waals surface area contributed by atoms with Crippen LogP contribution in [0.5, 0.6) is 0 Å². The highest BCUT2D eigenvalue weighted by Crippen LogP contribution is 2.15. The lowest BCUT2D eigenvalue weighted by molar-refractivity contribution is 0.0454. The molecule has 1 aromatic rings. The van der Waals surface area contributed by atoms with Gasteiger partial charge in [-0.25, -0.2) is 9.59 Å². The van der Waals surface area contributed by atoms with Crippen molar-refractivity contribution < 1.29 is 19.1 Å². The topological polar surface area (TPSA) is 52.6 Å². The second kappa shape index (κ2) is 17.8. The number of carbonyl (C=O) groups is 2. The van der Waals surface area contributed by atoms with Gasteiger partial charge in [-0.05, 0) is 30.9 Å². The first-order valence-corrected chi connectivity index (χ1v) is 12.5. The molecule has 4 nitrogen and oxygen atoms in total. The third-order valence-electron chi connectivity index (χ3n) is 5.46. The van der Waals surface area contributed by atoms with E-state index in [1.165, 1.54) is 64.2 Å². The highest BCUT2D eigenvalue weighted by atomic mass is 16.5. The van der Waals surface area contributed by atoms with Crippen LogP contribution in [0.3, 0.4) is 0 Å². The van der Waals surface area contributed by atoms with E-state index in [2.05, 4.69) is 13.8 Å². The summed E-state index contributed by atoms with van der Waals surface area (Å²) in [7, 11) is 0. The third kappa shape index (κ3) is 13.2. The van der Waals surface area contributed by atoms with Crippen molar-refractivity contribution in [1.82, 2.24) is 0 Å². The largest absolute Gasteiger partial charge is 0.462 e. The van der Waals surface area contributed by atoms with Crippen molar-refractivity contribution in [2.45, 2.75) is 104 Å². The molecule has 0 fully saturated rings. The van der Waals surface area contributed by atoms with Crippen LogP contribution in [0.15, 0.2) is 24.3 Å². The van der Waals surface area contributed by atoms with Crippen molar-refractivity contribution in [3.63, 3.8) is 0 Å². The Morgan fingerprint density at radius 2 is 1.10 bits per heavy atom. The molecule has 0 amide bonds. The predicted octanol–water partition coefficient (Wildman–Crippen LogP) is 7.75. The Bertz CT molecular complexity index is 609. The standard InChI is InChI=1S/C27H44O4/c1-4-21-30-26(28)24-19-15-16-20-25(24)27(29)31-22-17-13-11-9-7-5-6-8-10-12-14-18-23(2)3/h15-16,19-20,23H,4-14,17-18,21-22H2,1-3H3. The number of hydrogen-bond acceptors (Lipinski definition) is 4. The maximum Gasteiger partial charge on any atom is 0.339 e. The Hall–Kier alpha value is -1.84. The molecule has 0 aliphatic carbocycles. The number of esters is 2. The third-order valence-corrected chi connectivity index (χ3v) is 5.46. The molecule has 0 radical (unpaired) electrons. The van der Waals surface area contributed by atoms with Crippen molar-refractivity contribution in [2.75, 3.05) is 13.2 Å². The molecule has 0 saturated heterocycles. The Balaban J connectivity index is 2.06. The van der Waals surface area contributed by atoms with E-state index in [4.69, 9.17) is 9.47 Å². The van der Waals surface area contributed by atoms with Gasteiger partial charge in [-0.15, -0.1) is 0 Å². The van der Waals surface area contributed by atoms with Crippen LogP contribution in [0.2, 0.25) is 0 Å². The van der Waals surface area contributed by atoms with Gasteiger partial charge in [-0.2, -0.15) is 0 Å². The van der Waals surface area contributed by atoms with E-state index in [0.29, 0.717) is 13.2 Å². The van der Waals surface area contributed by atoms with E-state index >= 15 is 0 Å². The van der Waals surface area contributed by atoms with E-state index in [-0.39, 0.29) is 11.1 Å². The van der Waals surface area contributed by atoms with Crippen molar-refractivity contribution in [3.05, 3.63) is 35.4 Å². The van der Waals surface area contributed by atoms with Crippen LogP contribution < -0.4 is 0 Å². The van der Waals surface area contributed by atoms with Gasteiger partial charge in [0.25, 0.3) is 0 Å². The average molecular weight is 433 g/mol. The van der Waals surface area contributed by atoms with Crippen LogP contribution in [0.1, 0.15) is 125 Å². The summed E-state index contributed by atoms with van der Waals surface area (Å²) in [5.41, 5.74) is 0.564. The van der Waals surface area contributed by atoms with E-state index in [1.54, 1.807) is 24.3 Å². The number of unbranched alkanes of at least 4 members (excludes halogenated alkanes) is 10. The number of carbonyl (C=O) groups excluding carboxylic acids is 2. The van der Waals surface area contributed by atoms with Crippen molar-refractivity contribution >= 4 is 11.9 Å². The molecular formula is C27H44O4. The fourth-order valence-corrected chi connectivity index (χ4v) is 3.60. The molecule has 0 saturated carbocycles. The average Bonchev–Trinajstić information content (AvgIpc) is 2.77. The maximum absolute atomic E-state index is 12.3. The molecule has 0 aliphatic rings. The van der Waals surface area contributed by atoms with Crippen LogP contribution in [0, 0.1) is 5.92 Å². The van der Waals surface area contributed by atoms with Crippen LogP contribution in [-0.2, 0) is 9.47 Å². The van der Waals surface area contributed by atoms with Gasteiger partial charge >= 0.3 is 11.9 Å². The lowest BCUT2D eigenvalue weighted by Gasteiger charge is -2.09. The van der Waals surface area contributed by atoms with E-state index in [0.717, 1.165) is 25.2 Å². The highest BCUT2D eigenvalue weighted by molar-refractivity contribution is 6.03. The van der Waals surface area contributed by atoms with Crippen LogP contribution in [-0.4, -0.2) is 25.2 Å². The molecule has 0 N–H and O–H groups in total. The monoisotopic (exact) mass is 432 g/mol. The van der Waals surface area contributed by atoms with Gasteiger partial charge in [0.1, 0.15) is 0 Å². The van der Waals surface area contributed by atoms with Gasteiger partial charge in [-0.1, -0.05) is 104 Å². The quantitative estimate of drug-likeness (QED) is 0.176. The van der Waals surface area contributed by atoms with E-state index in [9.17, 15) is 9.59 Å². The summed E-state index contributed by atoms with van der Waals surface area (Å²) < 4.78 is 10.5. The number of benzene rings is 1. The van der Waals surface area contributed by atoms with Gasteiger partial charge in [-0.3, -0.25) is 0 Å². The lowest BCUT2D eigenvalue weighted by atomic mass is 10.0. The molecule has 0 unspecified atom stereocenters. The minimum absolute atomic E-state index is 0.279. The second-order valence-electron chi connectivity index (χ2n) is 8.89. The van der Waals surface area contributed by atoms with Gasteiger partial charge in [0.05, 0.1) is 24.3 Å². The molecule has 0 aliphatic heterocycles.